The molecule has 0 atom stereocenters. The topological polar surface area (TPSA) is 106 Å². The van der Waals surface area contributed by atoms with E-state index in [2.05, 4.69) is 5.32 Å². The Morgan fingerprint density at radius 1 is 1.18 bits per heavy atom. The first-order valence-electron chi connectivity index (χ1n) is 9.37. The van der Waals surface area contributed by atoms with Crippen LogP contribution in [0.2, 0.25) is 5.02 Å². The molecule has 0 radical (unpaired) electrons. The molecule has 11 heteroatoms. The van der Waals surface area contributed by atoms with Crippen molar-refractivity contribution < 1.29 is 23.3 Å². The number of thiocarbonyl (C=S) groups is 1. The van der Waals surface area contributed by atoms with Gasteiger partial charge < -0.3 is 4.42 Å². The highest BCUT2D eigenvalue weighted by Crippen LogP contribution is 2.30. The number of halogens is 2. The van der Waals surface area contributed by atoms with Crippen LogP contribution in [0.1, 0.15) is 11.3 Å². The zero-order valence-electron chi connectivity index (χ0n) is 16.8. The number of non-ortho nitro benzene ring substituents is 1. The summed E-state index contributed by atoms with van der Waals surface area (Å²) in [5, 5.41) is 13.0. The molecule has 1 N–H and O–H groups in total. The highest BCUT2D eigenvalue weighted by atomic mass is 35.5. The molecule has 1 aromatic heterocycles. The fourth-order valence-electron chi connectivity index (χ4n) is 3.27. The number of nitro groups is 1. The number of hydrogen-bond acceptors (Lipinski definition) is 6. The van der Waals surface area contributed by atoms with Crippen LogP contribution in [0.5, 0.6) is 0 Å². The minimum absolute atomic E-state index is 0.0495. The van der Waals surface area contributed by atoms with Crippen molar-refractivity contribution in [1.29, 1.82) is 0 Å². The average Bonchev–Trinajstić information content (AvgIpc) is 3.21. The molecular weight excluding hydrogens is 473 g/mol. The molecular formula is C22H13ClFN3O5S. The number of carbonyl (C=O) groups is 2. The van der Waals surface area contributed by atoms with Gasteiger partial charge in [0.15, 0.2) is 5.11 Å². The quantitative estimate of drug-likeness (QED) is 0.187. The van der Waals surface area contributed by atoms with Gasteiger partial charge in [-0.2, -0.15) is 0 Å². The monoisotopic (exact) mass is 485 g/mol. The molecule has 0 unspecified atom stereocenters. The Morgan fingerprint density at radius 3 is 2.61 bits per heavy atom. The normalized spacial score (nSPS) is 15.2. The number of nitro benzene ring substituents is 1. The van der Waals surface area contributed by atoms with Crippen LogP contribution in [0.15, 0.2) is 58.5 Å². The standard InChI is InChI=1S/C22H13ClFN3O5S/c1-11-8-13(27(30)31)2-5-15(11)19-7-4-14(32-19)10-16-20(28)25-22(33)26(21(16)29)12-3-6-18(24)17(23)9-12/h2-10H,1H3,(H,25,28,33)/b16-10-. The van der Waals surface area contributed by atoms with Gasteiger partial charge in [0, 0.05) is 17.7 Å². The van der Waals surface area contributed by atoms with Crippen LogP contribution in [0.3, 0.4) is 0 Å². The number of aryl methyl sites for hydroxylation is 1. The van der Waals surface area contributed by atoms with Gasteiger partial charge in [-0.05, 0) is 67.2 Å². The first-order chi connectivity index (χ1) is 15.7. The second kappa shape index (κ2) is 8.57. The smallest absolute Gasteiger partial charge is 0.270 e. The number of carbonyl (C=O) groups excluding carboxylic acids is 2. The lowest BCUT2D eigenvalue weighted by Crippen LogP contribution is -2.54. The third-order valence-corrected chi connectivity index (χ3v) is 5.44. The first kappa shape index (κ1) is 22.3. The van der Waals surface area contributed by atoms with E-state index in [1.165, 1.54) is 30.3 Å². The summed E-state index contributed by atoms with van der Waals surface area (Å²) in [4.78, 5) is 37.0. The number of nitrogens with zero attached hydrogens (tertiary/aromatic N) is 2. The van der Waals surface area contributed by atoms with E-state index in [4.69, 9.17) is 28.2 Å². The molecule has 2 amide bonds. The van der Waals surface area contributed by atoms with Crippen LogP contribution < -0.4 is 10.2 Å². The lowest BCUT2D eigenvalue weighted by Gasteiger charge is -2.28. The van der Waals surface area contributed by atoms with E-state index < -0.39 is 22.6 Å². The number of anilines is 1. The number of furan rings is 1. The second-order valence-corrected chi connectivity index (χ2v) is 7.81. The van der Waals surface area contributed by atoms with E-state index in [9.17, 15) is 24.1 Å². The molecule has 1 fully saturated rings. The number of benzene rings is 2. The molecule has 1 saturated heterocycles. The summed E-state index contributed by atoms with van der Waals surface area (Å²) in [5.41, 5.74) is 1.11. The van der Waals surface area contributed by atoms with Gasteiger partial charge in [-0.25, -0.2) is 4.39 Å². The summed E-state index contributed by atoms with van der Waals surface area (Å²) in [6, 6.07) is 11.1. The third-order valence-electron chi connectivity index (χ3n) is 4.86. The molecule has 0 bridgehead atoms. The Bertz CT molecular complexity index is 1380. The van der Waals surface area contributed by atoms with Crippen molar-refractivity contribution in [3.05, 3.63) is 86.4 Å². The van der Waals surface area contributed by atoms with Gasteiger partial charge in [0.05, 0.1) is 15.6 Å². The average molecular weight is 486 g/mol. The van der Waals surface area contributed by atoms with E-state index in [1.54, 1.807) is 25.1 Å². The van der Waals surface area contributed by atoms with E-state index in [0.29, 0.717) is 16.9 Å². The summed E-state index contributed by atoms with van der Waals surface area (Å²) < 4.78 is 19.3. The zero-order chi connectivity index (χ0) is 23.9. The lowest BCUT2D eigenvalue weighted by atomic mass is 10.1. The molecule has 1 aliphatic rings. The van der Waals surface area contributed by atoms with Crippen molar-refractivity contribution in [3.8, 4) is 11.3 Å². The summed E-state index contributed by atoms with van der Waals surface area (Å²) in [7, 11) is 0. The molecule has 2 heterocycles. The van der Waals surface area contributed by atoms with Crippen LogP contribution in [-0.2, 0) is 9.59 Å². The Labute approximate surface area is 196 Å². The maximum atomic E-state index is 13.5. The number of hydrogen-bond donors (Lipinski definition) is 1. The van der Waals surface area contributed by atoms with Crippen molar-refractivity contribution in [2.75, 3.05) is 4.90 Å². The maximum absolute atomic E-state index is 13.5. The van der Waals surface area contributed by atoms with Gasteiger partial charge in [0.25, 0.3) is 17.5 Å². The highest BCUT2D eigenvalue weighted by Gasteiger charge is 2.35. The van der Waals surface area contributed by atoms with Crippen LogP contribution in [0.4, 0.5) is 15.8 Å². The van der Waals surface area contributed by atoms with Gasteiger partial charge in [-0.3, -0.25) is 29.9 Å². The van der Waals surface area contributed by atoms with E-state index in [-0.39, 0.29) is 32.8 Å². The molecule has 3 aromatic rings. The maximum Gasteiger partial charge on any atom is 0.270 e. The van der Waals surface area contributed by atoms with Gasteiger partial charge in [-0.1, -0.05) is 11.6 Å². The molecule has 0 aliphatic carbocycles. The third kappa shape index (κ3) is 4.26. The number of nitrogens with one attached hydrogen (secondary N) is 1. The Kier molecular flexibility index (Phi) is 5.79. The van der Waals surface area contributed by atoms with Crippen LogP contribution in [-0.4, -0.2) is 21.9 Å². The number of rotatable bonds is 4. The predicted octanol–water partition coefficient (Wildman–Crippen LogP) is 4.79. The van der Waals surface area contributed by atoms with E-state index >= 15 is 0 Å². The van der Waals surface area contributed by atoms with E-state index in [0.717, 1.165) is 11.0 Å². The Hall–Kier alpha value is -3.89. The molecule has 8 nitrogen and oxygen atoms in total. The largest absolute Gasteiger partial charge is 0.457 e. The van der Waals surface area contributed by atoms with Crippen LogP contribution in [0.25, 0.3) is 17.4 Å². The van der Waals surface area contributed by atoms with Gasteiger partial charge in [-0.15, -0.1) is 0 Å². The van der Waals surface area contributed by atoms with Crippen molar-refractivity contribution >= 4 is 58.2 Å². The Balaban J connectivity index is 1.67. The summed E-state index contributed by atoms with van der Waals surface area (Å²) >= 11 is 10.9. The molecule has 33 heavy (non-hydrogen) atoms. The zero-order valence-corrected chi connectivity index (χ0v) is 18.4. The number of amides is 2. The first-order valence-corrected chi connectivity index (χ1v) is 10.2. The Morgan fingerprint density at radius 2 is 1.94 bits per heavy atom. The van der Waals surface area contributed by atoms with Crippen molar-refractivity contribution in [1.82, 2.24) is 5.32 Å². The predicted molar refractivity (Wildman–Crippen MR) is 123 cm³/mol. The highest BCUT2D eigenvalue weighted by molar-refractivity contribution is 7.80. The van der Waals surface area contributed by atoms with Crippen molar-refractivity contribution in [2.24, 2.45) is 0 Å². The SMILES string of the molecule is Cc1cc([N+](=O)[O-])ccc1-c1ccc(/C=C2/C(=O)NC(=S)N(c3ccc(F)c(Cl)c3)C2=O)o1. The fraction of sp³-hybridized carbons (Fsp3) is 0.0455. The van der Waals surface area contributed by atoms with Crippen molar-refractivity contribution in [3.63, 3.8) is 0 Å². The van der Waals surface area contributed by atoms with Crippen LogP contribution in [0, 0.1) is 22.9 Å². The van der Waals surface area contributed by atoms with Gasteiger partial charge >= 0.3 is 0 Å². The molecule has 2 aromatic carbocycles. The van der Waals surface area contributed by atoms with Crippen molar-refractivity contribution in [2.45, 2.75) is 6.92 Å². The molecule has 1 aliphatic heterocycles. The minimum atomic E-state index is -0.740. The molecule has 0 spiro atoms. The summed E-state index contributed by atoms with van der Waals surface area (Å²) in [6.45, 7) is 1.70. The van der Waals surface area contributed by atoms with Gasteiger partial charge in [0.2, 0.25) is 0 Å². The fourth-order valence-corrected chi connectivity index (χ4v) is 3.73. The van der Waals surface area contributed by atoms with Gasteiger partial charge in [0.1, 0.15) is 22.9 Å². The molecule has 0 saturated carbocycles. The summed E-state index contributed by atoms with van der Waals surface area (Å²) in [5.74, 6) is -1.53. The minimum Gasteiger partial charge on any atom is -0.457 e. The molecule has 166 valence electrons. The lowest BCUT2D eigenvalue weighted by molar-refractivity contribution is -0.384. The molecule has 4 rings (SSSR count). The summed E-state index contributed by atoms with van der Waals surface area (Å²) in [6.07, 6.45) is 1.25. The van der Waals surface area contributed by atoms with E-state index in [1.807, 2.05) is 0 Å². The van der Waals surface area contributed by atoms with Crippen LogP contribution >= 0.6 is 23.8 Å². The second-order valence-electron chi connectivity index (χ2n) is 7.01.